The molecule has 0 atom stereocenters. The van der Waals surface area contributed by atoms with Crippen molar-refractivity contribution in [3.05, 3.63) is 47.7 Å². The van der Waals surface area contributed by atoms with E-state index >= 15 is 0 Å². The number of benzene rings is 1. The SMILES string of the molecule is Cn1c(-c2ccc(C3=CCNCC3)o2)nc2ccc(C(F)(F)F)cc21. The van der Waals surface area contributed by atoms with Gasteiger partial charge in [-0.15, -0.1) is 0 Å². The largest absolute Gasteiger partial charge is 0.453 e. The van der Waals surface area contributed by atoms with Gasteiger partial charge in [0.05, 0.1) is 16.6 Å². The van der Waals surface area contributed by atoms with Gasteiger partial charge in [0.2, 0.25) is 0 Å². The Labute approximate surface area is 142 Å². The van der Waals surface area contributed by atoms with Gasteiger partial charge in [0.25, 0.3) is 0 Å². The van der Waals surface area contributed by atoms with E-state index in [1.54, 1.807) is 11.6 Å². The van der Waals surface area contributed by atoms with E-state index in [1.807, 2.05) is 12.1 Å². The van der Waals surface area contributed by atoms with Crippen LogP contribution in [0.1, 0.15) is 17.7 Å². The van der Waals surface area contributed by atoms with Gasteiger partial charge in [0.15, 0.2) is 11.6 Å². The summed E-state index contributed by atoms with van der Waals surface area (Å²) in [7, 11) is 1.69. The Bertz CT molecular complexity index is 966. The third-order valence-electron chi connectivity index (χ3n) is 4.41. The zero-order valence-corrected chi connectivity index (χ0v) is 13.5. The molecule has 3 heterocycles. The first-order chi connectivity index (χ1) is 11.9. The summed E-state index contributed by atoms with van der Waals surface area (Å²) in [5.74, 6) is 1.83. The molecule has 1 aliphatic rings. The van der Waals surface area contributed by atoms with E-state index < -0.39 is 11.7 Å². The fourth-order valence-corrected chi connectivity index (χ4v) is 3.06. The van der Waals surface area contributed by atoms with E-state index in [2.05, 4.69) is 16.4 Å². The second-order valence-corrected chi connectivity index (χ2v) is 6.04. The molecule has 0 radical (unpaired) electrons. The topological polar surface area (TPSA) is 43.0 Å². The minimum atomic E-state index is -4.38. The maximum Gasteiger partial charge on any atom is 0.416 e. The van der Waals surface area contributed by atoms with E-state index in [4.69, 9.17) is 4.42 Å². The van der Waals surface area contributed by atoms with Crippen LogP contribution in [0, 0.1) is 0 Å². The molecular weight excluding hydrogens is 331 g/mol. The third-order valence-corrected chi connectivity index (χ3v) is 4.41. The molecule has 0 amide bonds. The van der Waals surface area contributed by atoms with Gasteiger partial charge in [-0.3, -0.25) is 0 Å². The van der Waals surface area contributed by atoms with E-state index in [0.29, 0.717) is 22.6 Å². The Morgan fingerprint density at radius 1 is 1.16 bits per heavy atom. The fourth-order valence-electron chi connectivity index (χ4n) is 3.06. The standard InChI is InChI=1S/C18H16F3N3O/c1-24-14-10-12(18(19,20)21)2-3-13(14)23-17(24)16-5-4-15(25-16)11-6-8-22-9-7-11/h2-6,10,22H,7-9H2,1H3. The Kier molecular flexibility index (Phi) is 3.68. The molecule has 0 unspecified atom stereocenters. The zero-order chi connectivity index (χ0) is 17.6. The van der Waals surface area contributed by atoms with Crippen molar-refractivity contribution in [1.82, 2.24) is 14.9 Å². The number of furan rings is 1. The molecule has 0 bridgehead atoms. The lowest BCUT2D eigenvalue weighted by Gasteiger charge is -2.11. The predicted molar refractivity (Wildman–Crippen MR) is 88.9 cm³/mol. The molecule has 0 fully saturated rings. The van der Waals surface area contributed by atoms with Crippen LogP contribution in [0.25, 0.3) is 28.2 Å². The van der Waals surface area contributed by atoms with E-state index in [-0.39, 0.29) is 0 Å². The van der Waals surface area contributed by atoms with Gasteiger partial charge in [0, 0.05) is 13.6 Å². The normalized spacial score (nSPS) is 15.6. The number of rotatable bonds is 2. The highest BCUT2D eigenvalue weighted by Crippen LogP contribution is 2.33. The molecule has 4 rings (SSSR count). The van der Waals surface area contributed by atoms with Gasteiger partial charge in [-0.2, -0.15) is 13.2 Å². The van der Waals surface area contributed by atoms with Gasteiger partial charge >= 0.3 is 6.18 Å². The number of halogens is 3. The minimum absolute atomic E-state index is 0.420. The first kappa shape index (κ1) is 16.0. The maximum absolute atomic E-state index is 12.9. The van der Waals surface area contributed by atoms with E-state index in [0.717, 1.165) is 43.0 Å². The lowest BCUT2D eigenvalue weighted by Crippen LogP contribution is -2.19. The van der Waals surface area contributed by atoms with Crippen molar-refractivity contribution in [2.75, 3.05) is 13.1 Å². The van der Waals surface area contributed by atoms with Crippen LogP contribution in [0.5, 0.6) is 0 Å². The molecule has 25 heavy (non-hydrogen) atoms. The molecule has 7 heteroatoms. The fraction of sp³-hybridized carbons (Fsp3) is 0.278. The number of hydrogen-bond donors (Lipinski definition) is 1. The van der Waals surface area contributed by atoms with Crippen LogP contribution < -0.4 is 5.32 Å². The minimum Gasteiger partial charge on any atom is -0.453 e. The van der Waals surface area contributed by atoms with Crippen LogP contribution in [0.15, 0.2) is 40.8 Å². The van der Waals surface area contributed by atoms with Crippen molar-refractivity contribution in [2.45, 2.75) is 12.6 Å². The second-order valence-electron chi connectivity index (χ2n) is 6.04. The summed E-state index contributed by atoms with van der Waals surface area (Å²) in [6.07, 6.45) is -1.42. The number of alkyl halides is 3. The molecule has 130 valence electrons. The van der Waals surface area contributed by atoms with Gasteiger partial charge in [-0.25, -0.2) is 4.98 Å². The lowest BCUT2D eigenvalue weighted by molar-refractivity contribution is -0.137. The quantitative estimate of drug-likeness (QED) is 0.754. The maximum atomic E-state index is 12.9. The van der Waals surface area contributed by atoms with Crippen LogP contribution in [0.4, 0.5) is 13.2 Å². The van der Waals surface area contributed by atoms with Crippen LogP contribution in [-0.2, 0) is 13.2 Å². The molecule has 1 aliphatic heterocycles. The lowest BCUT2D eigenvalue weighted by atomic mass is 10.1. The highest BCUT2D eigenvalue weighted by molar-refractivity contribution is 5.80. The summed E-state index contributed by atoms with van der Waals surface area (Å²) < 4.78 is 46.3. The molecule has 1 N–H and O–H groups in total. The number of aryl methyl sites for hydroxylation is 1. The van der Waals surface area contributed by atoms with Gasteiger partial charge < -0.3 is 14.3 Å². The molecule has 1 aromatic carbocycles. The summed E-state index contributed by atoms with van der Waals surface area (Å²) in [4.78, 5) is 4.43. The van der Waals surface area contributed by atoms with Crippen molar-refractivity contribution >= 4 is 16.6 Å². The Hall–Kier alpha value is -2.54. The molecular formula is C18H16F3N3O. The Morgan fingerprint density at radius 2 is 1.96 bits per heavy atom. The first-order valence-electron chi connectivity index (χ1n) is 7.97. The van der Waals surface area contributed by atoms with Gasteiger partial charge in [-0.1, -0.05) is 6.08 Å². The molecule has 0 saturated carbocycles. The molecule has 3 aromatic rings. The van der Waals surface area contributed by atoms with Crippen molar-refractivity contribution in [3.8, 4) is 11.6 Å². The first-order valence-corrected chi connectivity index (χ1v) is 7.97. The van der Waals surface area contributed by atoms with Crippen LogP contribution in [0.2, 0.25) is 0 Å². The van der Waals surface area contributed by atoms with Gasteiger partial charge in [-0.05, 0) is 48.9 Å². The Balaban J connectivity index is 1.76. The summed E-state index contributed by atoms with van der Waals surface area (Å²) in [5, 5.41) is 3.24. The van der Waals surface area contributed by atoms with Crippen LogP contribution in [-0.4, -0.2) is 22.6 Å². The second kappa shape index (κ2) is 5.77. The van der Waals surface area contributed by atoms with Crippen LogP contribution >= 0.6 is 0 Å². The van der Waals surface area contributed by atoms with Crippen molar-refractivity contribution in [1.29, 1.82) is 0 Å². The van der Waals surface area contributed by atoms with E-state index in [1.165, 1.54) is 6.07 Å². The van der Waals surface area contributed by atoms with Crippen molar-refractivity contribution < 1.29 is 17.6 Å². The zero-order valence-electron chi connectivity index (χ0n) is 13.5. The molecule has 0 spiro atoms. The molecule has 4 nitrogen and oxygen atoms in total. The van der Waals surface area contributed by atoms with E-state index in [9.17, 15) is 13.2 Å². The summed E-state index contributed by atoms with van der Waals surface area (Å²) in [5.41, 5.74) is 1.37. The van der Waals surface area contributed by atoms with Crippen molar-refractivity contribution in [3.63, 3.8) is 0 Å². The highest BCUT2D eigenvalue weighted by Gasteiger charge is 2.31. The highest BCUT2D eigenvalue weighted by atomic mass is 19.4. The number of hydrogen-bond acceptors (Lipinski definition) is 3. The number of aromatic nitrogens is 2. The number of fused-ring (bicyclic) bond motifs is 1. The van der Waals surface area contributed by atoms with Crippen molar-refractivity contribution in [2.24, 2.45) is 7.05 Å². The van der Waals surface area contributed by atoms with Crippen LogP contribution in [0.3, 0.4) is 0 Å². The average molecular weight is 347 g/mol. The number of imidazole rings is 1. The number of nitrogens with zero attached hydrogens (tertiary/aromatic N) is 2. The average Bonchev–Trinajstić information content (AvgIpc) is 3.20. The summed E-state index contributed by atoms with van der Waals surface area (Å²) in [6.45, 7) is 1.70. The summed E-state index contributed by atoms with van der Waals surface area (Å²) >= 11 is 0. The molecule has 0 aliphatic carbocycles. The third kappa shape index (κ3) is 2.84. The monoisotopic (exact) mass is 347 g/mol. The molecule has 2 aromatic heterocycles. The smallest absolute Gasteiger partial charge is 0.416 e. The Morgan fingerprint density at radius 3 is 2.68 bits per heavy atom. The summed E-state index contributed by atoms with van der Waals surface area (Å²) in [6, 6.07) is 7.25. The number of nitrogens with one attached hydrogen (secondary N) is 1. The molecule has 0 saturated heterocycles. The van der Waals surface area contributed by atoms with Gasteiger partial charge in [0.1, 0.15) is 5.76 Å². The predicted octanol–water partition coefficient (Wildman–Crippen LogP) is 4.23.